The van der Waals surface area contributed by atoms with Gasteiger partial charge in [0.1, 0.15) is 5.82 Å². The fourth-order valence-corrected chi connectivity index (χ4v) is 0.989. The number of benzene rings is 1. The van der Waals surface area contributed by atoms with Crippen molar-refractivity contribution >= 4 is 11.6 Å². The first-order chi connectivity index (χ1) is 6.74. The number of halogens is 1. The average molecular weight is 193 g/mol. The fourth-order valence-electron chi connectivity index (χ4n) is 0.989. The Bertz CT molecular complexity index is 347. The number of para-hydroxylation sites is 1. The highest BCUT2D eigenvalue weighted by Gasteiger charge is 2.03. The number of rotatable bonds is 3. The maximum absolute atomic E-state index is 13.0. The van der Waals surface area contributed by atoms with Crippen LogP contribution in [0.5, 0.6) is 0 Å². The topological polar surface area (TPSA) is 29.1 Å². The molecule has 0 aliphatic rings. The summed E-state index contributed by atoms with van der Waals surface area (Å²) in [7, 11) is 0. The molecule has 0 bridgehead atoms. The van der Waals surface area contributed by atoms with Crippen LogP contribution in [0.25, 0.3) is 0 Å². The molecule has 0 aromatic heterocycles. The predicted molar refractivity (Wildman–Crippen MR) is 54.5 cm³/mol. The van der Waals surface area contributed by atoms with Gasteiger partial charge in [-0.15, -0.1) is 0 Å². The van der Waals surface area contributed by atoms with Crippen LogP contribution in [0.15, 0.2) is 36.4 Å². The third kappa shape index (κ3) is 3.01. The first-order valence-electron chi connectivity index (χ1n) is 4.39. The Morgan fingerprint density at radius 2 is 2.21 bits per heavy atom. The molecule has 1 N–H and O–H groups in total. The summed E-state index contributed by atoms with van der Waals surface area (Å²) in [5.41, 5.74) is 0.224. The minimum absolute atomic E-state index is 0.215. The summed E-state index contributed by atoms with van der Waals surface area (Å²) >= 11 is 0. The summed E-state index contributed by atoms with van der Waals surface area (Å²) in [5, 5.41) is 2.48. The van der Waals surface area contributed by atoms with Gasteiger partial charge in [-0.3, -0.25) is 4.79 Å². The lowest BCUT2D eigenvalue weighted by atomic mass is 10.3. The van der Waals surface area contributed by atoms with Crippen molar-refractivity contribution < 1.29 is 9.18 Å². The molecule has 2 nitrogen and oxygen atoms in total. The van der Waals surface area contributed by atoms with Gasteiger partial charge in [0.15, 0.2) is 0 Å². The Kier molecular flexibility index (Phi) is 3.85. The third-order valence-electron chi connectivity index (χ3n) is 1.69. The second-order valence-electron chi connectivity index (χ2n) is 2.80. The number of carbonyl (C=O) groups is 1. The molecule has 0 heterocycles. The van der Waals surface area contributed by atoms with E-state index in [-0.39, 0.29) is 18.0 Å². The molecule has 1 amide bonds. The van der Waals surface area contributed by atoms with Gasteiger partial charge in [-0.2, -0.15) is 0 Å². The van der Waals surface area contributed by atoms with Crippen LogP contribution in [0.4, 0.5) is 10.1 Å². The van der Waals surface area contributed by atoms with Crippen LogP contribution < -0.4 is 5.32 Å². The molecule has 3 heteroatoms. The highest BCUT2D eigenvalue weighted by Crippen LogP contribution is 2.12. The van der Waals surface area contributed by atoms with Crippen molar-refractivity contribution in [3.8, 4) is 0 Å². The first kappa shape index (κ1) is 10.4. The van der Waals surface area contributed by atoms with Gasteiger partial charge in [0.2, 0.25) is 5.91 Å². The van der Waals surface area contributed by atoms with Gasteiger partial charge in [-0.25, -0.2) is 4.39 Å². The molecule has 0 saturated heterocycles. The summed E-state index contributed by atoms with van der Waals surface area (Å²) in [5.74, 6) is -0.630. The largest absolute Gasteiger partial charge is 0.323 e. The summed E-state index contributed by atoms with van der Waals surface area (Å²) < 4.78 is 13.0. The molecule has 1 aromatic carbocycles. The standard InChI is InChI=1S/C11H12FNO/c1-2-3-8-11(14)13-10-7-5-4-6-9(10)12/h2-7H,8H2,1H3,(H,13,14)/b3-2+. The SMILES string of the molecule is C/C=C/CC(=O)Nc1ccccc1F. The van der Waals surface area contributed by atoms with Crippen molar-refractivity contribution in [2.75, 3.05) is 5.32 Å². The van der Waals surface area contributed by atoms with Gasteiger partial charge in [-0.05, 0) is 19.1 Å². The Labute approximate surface area is 82.4 Å². The number of hydrogen-bond acceptors (Lipinski definition) is 1. The van der Waals surface area contributed by atoms with Crippen molar-refractivity contribution in [2.45, 2.75) is 13.3 Å². The first-order valence-corrected chi connectivity index (χ1v) is 4.39. The van der Waals surface area contributed by atoms with Crippen molar-refractivity contribution in [1.82, 2.24) is 0 Å². The van der Waals surface area contributed by atoms with Crippen molar-refractivity contribution in [1.29, 1.82) is 0 Å². The minimum Gasteiger partial charge on any atom is -0.323 e. The second kappa shape index (κ2) is 5.17. The predicted octanol–water partition coefficient (Wildman–Crippen LogP) is 2.73. The van der Waals surface area contributed by atoms with Crippen molar-refractivity contribution in [3.63, 3.8) is 0 Å². The zero-order valence-electron chi connectivity index (χ0n) is 7.96. The van der Waals surface area contributed by atoms with Crippen LogP contribution in [-0.4, -0.2) is 5.91 Å². The zero-order chi connectivity index (χ0) is 10.4. The summed E-state index contributed by atoms with van der Waals surface area (Å²) in [6.07, 6.45) is 3.77. The van der Waals surface area contributed by atoms with E-state index < -0.39 is 5.82 Å². The molecule has 0 spiro atoms. The number of allylic oxidation sites excluding steroid dienone is 1. The lowest BCUT2D eigenvalue weighted by molar-refractivity contribution is -0.115. The molecule has 0 unspecified atom stereocenters. The molecule has 0 saturated carbocycles. The fraction of sp³-hybridized carbons (Fsp3) is 0.182. The number of hydrogen-bond donors (Lipinski definition) is 1. The van der Waals surface area contributed by atoms with Crippen LogP contribution >= 0.6 is 0 Å². The Morgan fingerprint density at radius 3 is 2.86 bits per heavy atom. The average Bonchev–Trinajstić information content (AvgIpc) is 2.18. The number of anilines is 1. The number of amides is 1. The maximum atomic E-state index is 13.0. The summed E-state index contributed by atoms with van der Waals surface area (Å²) in [6, 6.07) is 6.10. The Morgan fingerprint density at radius 1 is 1.50 bits per heavy atom. The molecule has 0 radical (unpaired) electrons. The van der Waals surface area contributed by atoms with Crippen LogP contribution in [0.1, 0.15) is 13.3 Å². The monoisotopic (exact) mass is 193 g/mol. The molecule has 74 valence electrons. The molecule has 0 aliphatic heterocycles. The summed E-state index contributed by atoms with van der Waals surface area (Å²) in [6.45, 7) is 1.83. The van der Waals surface area contributed by atoms with E-state index in [1.165, 1.54) is 12.1 Å². The highest BCUT2D eigenvalue weighted by atomic mass is 19.1. The maximum Gasteiger partial charge on any atom is 0.228 e. The Balaban J connectivity index is 2.60. The minimum atomic E-state index is -0.415. The van der Waals surface area contributed by atoms with Crippen LogP contribution in [0.3, 0.4) is 0 Å². The van der Waals surface area contributed by atoms with E-state index in [0.717, 1.165) is 0 Å². The molecule has 14 heavy (non-hydrogen) atoms. The van der Waals surface area contributed by atoms with E-state index in [4.69, 9.17) is 0 Å². The van der Waals surface area contributed by atoms with E-state index in [9.17, 15) is 9.18 Å². The van der Waals surface area contributed by atoms with Gasteiger partial charge in [0, 0.05) is 6.42 Å². The lowest BCUT2D eigenvalue weighted by Crippen LogP contribution is -2.11. The van der Waals surface area contributed by atoms with Gasteiger partial charge < -0.3 is 5.32 Å². The summed E-state index contributed by atoms with van der Waals surface area (Å²) in [4.78, 5) is 11.2. The van der Waals surface area contributed by atoms with E-state index >= 15 is 0 Å². The van der Waals surface area contributed by atoms with E-state index in [2.05, 4.69) is 5.32 Å². The molecule has 0 fully saturated rings. The zero-order valence-corrected chi connectivity index (χ0v) is 7.96. The van der Waals surface area contributed by atoms with Gasteiger partial charge in [0.05, 0.1) is 5.69 Å². The third-order valence-corrected chi connectivity index (χ3v) is 1.69. The smallest absolute Gasteiger partial charge is 0.228 e. The van der Waals surface area contributed by atoms with Crippen LogP contribution in [0, 0.1) is 5.82 Å². The molecule has 1 aromatic rings. The normalized spacial score (nSPS) is 10.4. The van der Waals surface area contributed by atoms with Crippen LogP contribution in [0.2, 0.25) is 0 Å². The van der Waals surface area contributed by atoms with E-state index in [1.54, 1.807) is 24.3 Å². The second-order valence-corrected chi connectivity index (χ2v) is 2.80. The molecule has 1 rings (SSSR count). The number of nitrogens with one attached hydrogen (secondary N) is 1. The molecular weight excluding hydrogens is 181 g/mol. The van der Waals surface area contributed by atoms with Crippen molar-refractivity contribution in [2.24, 2.45) is 0 Å². The van der Waals surface area contributed by atoms with Crippen molar-refractivity contribution in [3.05, 3.63) is 42.2 Å². The molecule has 0 atom stereocenters. The van der Waals surface area contributed by atoms with Crippen LogP contribution in [-0.2, 0) is 4.79 Å². The lowest BCUT2D eigenvalue weighted by Gasteiger charge is -2.03. The van der Waals surface area contributed by atoms with E-state index in [0.29, 0.717) is 0 Å². The van der Waals surface area contributed by atoms with Gasteiger partial charge in [-0.1, -0.05) is 24.3 Å². The molecular formula is C11H12FNO. The highest BCUT2D eigenvalue weighted by molar-refractivity contribution is 5.91. The van der Waals surface area contributed by atoms with E-state index in [1.807, 2.05) is 6.92 Å². The molecule has 0 aliphatic carbocycles. The van der Waals surface area contributed by atoms with Gasteiger partial charge in [0.25, 0.3) is 0 Å². The quantitative estimate of drug-likeness (QED) is 0.735. The van der Waals surface area contributed by atoms with Gasteiger partial charge >= 0.3 is 0 Å². The Hall–Kier alpha value is -1.64. The number of carbonyl (C=O) groups excluding carboxylic acids is 1.